The molecule has 1 heterocycles. The smallest absolute Gasteiger partial charge is 0.319 e. The summed E-state index contributed by atoms with van der Waals surface area (Å²) in [5.74, 6) is 0.665. The molecule has 0 saturated carbocycles. The molecule has 3 rings (SSSR count). The van der Waals surface area contributed by atoms with Crippen LogP contribution in [-0.2, 0) is 4.79 Å². The Bertz CT molecular complexity index is 841. The molecule has 6 nitrogen and oxygen atoms in total. The summed E-state index contributed by atoms with van der Waals surface area (Å²) in [5.41, 5.74) is 2.50. The van der Waals surface area contributed by atoms with E-state index >= 15 is 0 Å². The second-order valence-electron chi connectivity index (χ2n) is 6.17. The highest BCUT2D eigenvalue weighted by molar-refractivity contribution is 9.10. The predicted octanol–water partition coefficient (Wildman–Crippen LogP) is 3.69. The van der Waals surface area contributed by atoms with Gasteiger partial charge in [0.05, 0.1) is 13.2 Å². The van der Waals surface area contributed by atoms with Crippen molar-refractivity contribution in [3.63, 3.8) is 0 Å². The van der Waals surface area contributed by atoms with Crippen molar-refractivity contribution in [1.82, 2.24) is 5.32 Å². The molecule has 0 radical (unpaired) electrons. The molecule has 3 amide bonds. The van der Waals surface area contributed by atoms with Gasteiger partial charge in [0.15, 0.2) is 0 Å². The number of carbonyl (C=O) groups is 2. The van der Waals surface area contributed by atoms with Gasteiger partial charge in [0.2, 0.25) is 5.91 Å². The lowest BCUT2D eigenvalue weighted by Crippen LogP contribution is -2.39. The van der Waals surface area contributed by atoms with Crippen molar-refractivity contribution in [3.8, 4) is 5.75 Å². The standard InChI is InChI=1S/C19H20BrN3O3/c1-12-8-13(6-7-17(12)20)21-19(25)22-14-9-18(24)23(11-14)15-4-3-5-16(10-15)26-2/h3-8,10,14H,9,11H2,1-2H3,(H2,21,22,25)/t14-/m0/s1. The third kappa shape index (κ3) is 4.16. The van der Waals surface area contributed by atoms with Crippen LogP contribution in [-0.4, -0.2) is 31.6 Å². The maximum Gasteiger partial charge on any atom is 0.319 e. The number of nitrogens with one attached hydrogen (secondary N) is 2. The van der Waals surface area contributed by atoms with Crippen LogP contribution in [0.5, 0.6) is 5.75 Å². The van der Waals surface area contributed by atoms with Crippen LogP contribution in [0.1, 0.15) is 12.0 Å². The van der Waals surface area contributed by atoms with E-state index in [9.17, 15) is 9.59 Å². The van der Waals surface area contributed by atoms with E-state index in [0.717, 1.165) is 15.7 Å². The number of benzene rings is 2. The molecule has 0 spiro atoms. The lowest BCUT2D eigenvalue weighted by molar-refractivity contribution is -0.117. The minimum Gasteiger partial charge on any atom is -0.497 e. The molecule has 136 valence electrons. The molecule has 1 aliphatic heterocycles. The number of anilines is 2. The van der Waals surface area contributed by atoms with Gasteiger partial charge in [-0.05, 0) is 42.8 Å². The number of aryl methyl sites for hydroxylation is 1. The number of methoxy groups -OCH3 is 1. The van der Waals surface area contributed by atoms with Gasteiger partial charge in [0.1, 0.15) is 5.75 Å². The van der Waals surface area contributed by atoms with Gasteiger partial charge >= 0.3 is 6.03 Å². The summed E-state index contributed by atoms with van der Waals surface area (Å²) in [6.45, 7) is 2.38. The molecule has 2 aromatic rings. The third-order valence-corrected chi connectivity index (χ3v) is 5.13. The molecule has 0 unspecified atom stereocenters. The monoisotopic (exact) mass is 417 g/mol. The van der Waals surface area contributed by atoms with Gasteiger partial charge in [0, 0.05) is 34.9 Å². The normalized spacial score (nSPS) is 16.5. The lowest BCUT2D eigenvalue weighted by atomic mass is 10.2. The van der Waals surface area contributed by atoms with Crippen LogP contribution in [0.2, 0.25) is 0 Å². The quantitative estimate of drug-likeness (QED) is 0.796. The van der Waals surface area contributed by atoms with Crippen LogP contribution in [0, 0.1) is 6.92 Å². The van der Waals surface area contributed by atoms with Gasteiger partial charge in [-0.1, -0.05) is 22.0 Å². The second-order valence-corrected chi connectivity index (χ2v) is 7.02. The van der Waals surface area contributed by atoms with Crippen LogP contribution in [0.3, 0.4) is 0 Å². The molecule has 0 aliphatic carbocycles. The molecular weight excluding hydrogens is 398 g/mol. The fourth-order valence-electron chi connectivity index (χ4n) is 2.91. The Morgan fingerprint density at radius 3 is 2.81 bits per heavy atom. The first-order valence-corrected chi connectivity index (χ1v) is 9.03. The molecule has 1 atom stereocenters. The Morgan fingerprint density at radius 1 is 1.27 bits per heavy atom. The largest absolute Gasteiger partial charge is 0.497 e. The zero-order valence-electron chi connectivity index (χ0n) is 14.6. The maximum atomic E-state index is 12.3. The highest BCUT2D eigenvalue weighted by atomic mass is 79.9. The summed E-state index contributed by atoms with van der Waals surface area (Å²) in [7, 11) is 1.59. The Morgan fingerprint density at radius 2 is 2.08 bits per heavy atom. The molecule has 7 heteroatoms. The average molecular weight is 418 g/mol. The van der Waals surface area contributed by atoms with Crippen LogP contribution >= 0.6 is 15.9 Å². The zero-order chi connectivity index (χ0) is 18.7. The fraction of sp³-hybridized carbons (Fsp3) is 0.263. The molecule has 2 aromatic carbocycles. The second kappa shape index (κ2) is 7.78. The van der Waals surface area contributed by atoms with Crippen LogP contribution < -0.4 is 20.3 Å². The molecular formula is C19H20BrN3O3. The minimum atomic E-state index is -0.322. The highest BCUT2D eigenvalue weighted by Crippen LogP contribution is 2.25. The fourth-order valence-corrected chi connectivity index (χ4v) is 3.15. The van der Waals surface area contributed by atoms with E-state index in [1.807, 2.05) is 49.4 Å². The average Bonchev–Trinajstić information content (AvgIpc) is 2.98. The number of halogens is 1. The van der Waals surface area contributed by atoms with E-state index in [1.165, 1.54) is 0 Å². The minimum absolute atomic E-state index is 0.0250. The Hall–Kier alpha value is -2.54. The molecule has 1 saturated heterocycles. The summed E-state index contributed by atoms with van der Waals surface area (Å²) in [6, 6.07) is 12.3. The van der Waals surface area contributed by atoms with Crippen molar-refractivity contribution in [2.45, 2.75) is 19.4 Å². The van der Waals surface area contributed by atoms with Gasteiger partial charge in [-0.3, -0.25) is 4.79 Å². The maximum absolute atomic E-state index is 12.3. The van der Waals surface area contributed by atoms with Gasteiger partial charge in [-0.2, -0.15) is 0 Å². The topological polar surface area (TPSA) is 70.7 Å². The van der Waals surface area contributed by atoms with E-state index in [4.69, 9.17) is 4.74 Å². The van der Waals surface area contributed by atoms with Crippen LogP contribution in [0.25, 0.3) is 0 Å². The van der Waals surface area contributed by atoms with Crippen LogP contribution in [0.4, 0.5) is 16.2 Å². The van der Waals surface area contributed by atoms with Gasteiger partial charge < -0.3 is 20.3 Å². The molecule has 1 fully saturated rings. The van der Waals surface area contributed by atoms with Crippen molar-refractivity contribution >= 4 is 39.2 Å². The summed E-state index contributed by atoms with van der Waals surface area (Å²) in [6.07, 6.45) is 0.268. The predicted molar refractivity (Wildman–Crippen MR) is 105 cm³/mol. The van der Waals surface area contributed by atoms with Crippen molar-refractivity contribution in [2.75, 3.05) is 23.9 Å². The number of carbonyl (C=O) groups excluding carboxylic acids is 2. The van der Waals surface area contributed by atoms with E-state index in [2.05, 4.69) is 26.6 Å². The number of ether oxygens (including phenoxy) is 1. The van der Waals surface area contributed by atoms with E-state index in [0.29, 0.717) is 18.0 Å². The number of amides is 3. The summed E-state index contributed by atoms with van der Waals surface area (Å²) in [4.78, 5) is 26.2. The SMILES string of the molecule is COc1cccc(N2C[C@@H](NC(=O)Nc3ccc(Br)c(C)c3)CC2=O)c1. The van der Waals surface area contributed by atoms with E-state index in [-0.39, 0.29) is 24.4 Å². The first kappa shape index (κ1) is 18.3. The van der Waals surface area contributed by atoms with Crippen molar-refractivity contribution in [1.29, 1.82) is 0 Å². The molecule has 1 aliphatic rings. The number of urea groups is 1. The Labute approximate surface area is 160 Å². The van der Waals surface area contributed by atoms with Crippen LogP contribution in [0.15, 0.2) is 46.9 Å². The molecule has 0 aromatic heterocycles. The molecule has 0 bridgehead atoms. The van der Waals surface area contributed by atoms with Gasteiger partial charge in [-0.25, -0.2) is 4.79 Å². The number of hydrogen-bond donors (Lipinski definition) is 2. The number of hydrogen-bond acceptors (Lipinski definition) is 3. The number of nitrogens with zero attached hydrogens (tertiary/aromatic N) is 1. The Kier molecular flexibility index (Phi) is 5.46. The van der Waals surface area contributed by atoms with Crippen molar-refractivity contribution < 1.29 is 14.3 Å². The van der Waals surface area contributed by atoms with Gasteiger partial charge in [-0.15, -0.1) is 0 Å². The zero-order valence-corrected chi connectivity index (χ0v) is 16.2. The molecule has 26 heavy (non-hydrogen) atoms. The lowest BCUT2D eigenvalue weighted by Gasteiger charge is -2.18. The third-order valence-electron chi connectivity index (χ3n) is 4.24. The first-order chi connectivity index (χ1) is 12.5. The summed E-state index contributed by atoms with van der Waals surface area (Å²) >= 11 is 3.43. The summed E-state index contributed by atoms with van der Waals surface area (Å²) in [5, 5.41) is 5.67. The van der Waals surface area contributed by atoms with E-state index in [1.54, 1.807) is 12.0 Å². The van der Waals surface area contributed by atoms with Crippen molar-refractivity contribution in [3.05, 3.63) is 52.5 Å². The van der Waals surface area contributed by atoms with Crippen molar-refractivity contribution in [2.24, 2.45) is 0 Å². The Balaban J connectivity index is 1.61. The number of rotatable bonds is 4. The summed E-state index contributed by atoms with van der Waals surface area (Å²) < 4.78 is 6.19. The highest BCUT2D eigenvalue weighted by Gasteiger charge is 2.31. The van der Waals surface area contributed by atoms with Gasteiger partial charge in [0.25, 0.3) is 0 Å². The van der Waals surface area contributed by atoms with E-state index < -0.39 is 0 Å². The molecule has 2 N–H and O–H groups in total. The first-order valence-electron chi connectivity index (χ1n) is 8.24.